The second kappa shape index (κ2) is 5.48. The number of nitrogens with two attached hydrogens (primary N) is 1. The highest BCUT2D eigenvalue weighted by Gasteiger charge is 2.18. The summed E-state index contributed by atoms with van der Waals surface area (Å²) >= 11 is 0. The molecule has 122 valence electrons. The van der Waals surface area contributed by atoms with Crippen molar-refractivity contribution in [2.45, 2.75) is 13.5 Å². The van der Waals surface area contributed by atoms with E-state index in [2.05, 4.69) is 19.9 Å². The number of imidazole rings is 1. The molecular weight excluding hydrogens is 308 g/mol. The van der Waals surface area contributed by atoms with Crippen molar-refractivity contribution in [3.63, 3.8) is 0 Å². The summed E-state index contributed by atoms with van der Waals surface area (Å²) in [6.07, 6.45) is 1.76. The Morgan fingerprint density at radius 3 is 3.00 bits per heavy atom. The molecule has 0 unspecified atom stereocenters. The quantitative estimate of drug-likeness (QED) is 0.741. The predicted molar refractivity (Wildman–Crippen MR) is 90.2 cm³/mol. The third kappa shape index (κ3) is 2.41. The van der Waals surface area contributed by atoms with Gasteiger partial charge in [-0.3, -0.25) is 9.55 Å². The molecule has 3 N–H and O–H groups in total. The Morgan fingerprint density at radius 2 is 2.29 bits per heavy atom. The molecule has 3 aromatic rings. The third-order valence-electron chi connectivity index (χ3n) is 3.91. The monoisotopic (exact) mass is 324 g/mol. The zero-order chi connectivity index (χ0) is 16.7. The number of ether oxygens (including phenoxy) is 1. The zero-order valence-corrected chi connectivity index (χ0v) is 13.1. The number of nitrogen functional groups attached to an aromatic ring is 1. The van der Waals surface area contributed by atoms with Crippen LogP contribution in [0.3, 0.4) is 0 Å². The Labute approximate surface area is 137 Å². The van der Waals surface area contributed by atoms with Gasteiger partial charge in [0.1, 0.15) is 23.6 Å². The third-order valence-corrected chi connectivity index (χ3v) is 3.91. The van der Waals surface area contributed by atoms with Gasteiger partial charge in [-0.25, -0.2) is 14.8 Å². The summed E-state index contributed by atoms with van der Waals surface area (Å²) < 4.78 is 7.06. The number of nitrogens with zero attached hydrogens (tertiary/aromatic N) is 4. The van der Waals surface area contributed by atoms with Crippen molar-refractivity contribution in [3.8, 4) is 0 Å². The normalized spacial score (nSPS) is 14.0. The second-order valence-corrected chi connectivity index (χ2v) is 5.65. The maximum absolute atomic E-state index is 12.3. The van der Waals surface area contributed by atoms with Crippen molar-refractivity contribution in [2.24, 2.45) is 4.99 Å². The number of aromatic nitrogens is 4. The highest BCUT2D eigenvalue weighted by Crippen LogP contribution is 2.20. The van der Waals surface area contributed by atoms with Crippen molar-refractivity contribution >= 4 is 22.7 Å². The zero-order valence-electron chi connectivity index (χ0n) is 13.1. The summed E-state index contributed by atoms with van der Waals surface area (Å²) in [5.41, 5.74) is 9.33. The number of anilines is 1. The molecule has 4 rings (SSSR count). The molecule has 0 radical (unpaired) electrons. The number of nitrogens with one attached hydrogen (secondary N) is 1. The van der Waals surface area contributed by atoms with Gasteiger partial charge in [-0.1, -0.05) is 6.07 Å². The molecule has 24 heavy (non-hydrogen) atoms. The highest BCUT2D eigenvalue weighted by molar-refractivity contribution is 5.98. The molecule has 1 aliphatic heterocycles. The van der Waals surface area contributed by atoms with Gasteiger partial charge in [-0.2, -0.15) is 0 Å². The number of aromatic amines is 1. The van der Waals surface area contributed by atoms with E-state index in [-0.39, 0.29) is 11.5 Å². The minimum absolute atomic E-state index is 0.245. The Bertz CT molecular complexity index is 1000. The molecule has 0 atom stereocenters. The van der Waals surface area contributed by atoms with Crippen LogP contribution in [0, 0.1) is 6.92 Å². The number of aliphatic imine (C=N–C) groups is 1. The number of rotatable bonds is 3. The molecule has 0 aromatic carbocycles. The van der Waals surface area contributed by atoms with E-state index in [9.17, 15) is 4.79 Å². The SMILES string of the molecule is Cc1ccc(Cn2c(=O)[nH]c3c(N)nc(C4=NCCO4)cc32)cn1. The highest BCUT2D eigenvalue weighted by atomic mass is 16.5. The maximum Gasteiger partial charge on any atom is 0.326 e. The average Bonchev–Trinajstić information content (AvgIpc) is 3.19. The van der Waals surface area contributed by atoms with E-state index < -0.39 is 0 Å². The Balaban J connectivity index is 1.83. The Kier molecular flexibility index (Phi) is 3.30. The van der Waals surface area contributed by atoms with Crippen LogP contribution >= 0.6 is 0 Å². The van der Waals surface area contributed by atoms with Crippen molar-refractivity contribution in [2.75, 3.05) is 18.9 Å². The standard InChI is InChI=1S/C16H16N6O2/c1-9-2-3-10(7-19-9)8-22-12-6-11(15-18-4-5-24-15)20-14(17)13(12)21-16(22)23/h2-3,6-7H,4-5,8H2,1H3,(H2,17,20)(H,21,23). The minimum Gasteiger partial charge on any atom is -0.474 e. The van der Waals surface area contributed by atoms with E-state index in [1.165, 1.54) is 0 Å². The van der Waals surface area contributed by atoms with E-state index in [4.69, 9.17) is 10.5 Å². The lowest BCUT2D eigenvalue weighted by Crippen LogP contribution is -2.17. The Morgan fingerprint density at radius 1 is 1.42 bits per heavy atom. The first-order valence-electron chi connectivity index (χ1n) is 7.60. The molecular formula is C16H16N6O2. The van der Waals surface area contributed by atoms with Crippen LogP contribution in [0.5, 0.6) is 0 Å². The fourth-order valence-corrected chi connectivity index (χ4v) is 2.71. The van der Waals surface area contributed by atoms with Crippen molar-refractivity contribution < 1.29 is 4.74 Å². The van der Waals surface area contributed by atoms with Gasteiger partial charge in [-0.05, 0) is 24.6 Å². The van der Waals surface area contributed by atoms with Gasteiger partial charge in [0.15, 0.2) is 0 Å². The average molecular weight is 324 g/mol. The summed E-state index contributed by atoms with van der Waals surface area (Å²) in [5, 5.41) is 0. The molecule has 0 aliphatic carbocycles. The number of hydrogen-bond donors (Lipinski definition) is 2. The number of pyridine rings is 2. The van der Waals surface area contributed by atoms with Crippen LogP contribution in [0.15, 0.2) is 34.2 Å². The fourth-order valence-electron chi connectivity index (χ4n) is 2.71. The first-order valence-corrected chi connectivity index (χ1v) is 7.60. The summed E-state index contributed by atoms with van der Waals surface area (Å²) in [6, 6.07) is 5.64. The summed E-state index contributed by atoms with van der Waals surface area (Å²) in [4.78, 5) is 27.9. The van der Waals surface area contributed by atoms with Crippen LogP contribution in [0.25, 0.3) is 11.0 Å². The molecule has 8 nitrogen and oxygen atoms in total. The van der Waals surface area contributed by atoms with E-state index >= 15 is 0 Å². The first-order chi connectivity index (χ1) is 11.6. The molecule has 0 saturated carbocycles. The van der Waals surface area contributed by atoms with Gasteiger partial charge in [-0.15, -0.1) is 0 Å². The summed E-state index contributed by atoms with van der Waals surface area (Å²) in [7, 11) is 0. The molecule has 0 spiro atoms. The predicted octanol–water partition coefficient (Wildman–Crippen LogP) is 0.835. The van der Waals surface area contributed by atoms with Crippen LogP contribution in [-0.4, -0.2) is 38.6 Å². The van der Waals surface area contributed by atoms with E-state index in [1.807, 2.05) is 19.1 Å². The van der Waals surface area contributed by atoms with E-state index in [1.54, 1.807) is 16.8 Å². The summed E-state index contributed by atoms with van der Waals surface area (Å²) in [6.45, 7) is 3.44. The lowest BCUT2D eigenvalue weighted by molar-refractivity contribution is 0.347. The van der Waals surface area contributed by atoms with E-state index in [0.717, 1.165) is 11.3 Å². The lowest BCUT2D eigenvalue weighted by Gasteiger charge is -2.07. The maximum atomic E-state index is 12.3. The number of H-pyrrole nitrogens is 1. The van der Waals surface area contributed by atoms with Crippen LogP contribution in [0.2, 0.25) is 0 Å². The molecule has 8 heteroatoms. The van der Waals surface area contributed by atoms with Crippen molar-refractivity contribution in [3.05, 3.63) is 51.8 Å². The number of hydrogen-bond acceptors (Lipinski definition) is 6. The van der Waals surface area contributed by atoms with Crippen LogP contribution in [-0.2, 0) is 11.3 Å². The smallest absolute Gasteiger partial charge is 0.326 e. The van der Waals surface area contributed by atoms with Crippen molar-refractivity contribution in [1.82, 2.24) is 19.5 Å². The topological polar surface area (TPSA) is 111 Å². The van der Waals surface area contributed by atoms with Crippen LogP contribution in [0.1, 0.15) is 17.0 Å². The largest absolute Gasteiger partial charge is 0.474 e. The van der Waals surface area contributed by atoms with E-state index in [0.29, 0.717) is 42.3 Å². The molecule has 1 aliphatic rings. The second-order valence-electron chi connectivity index (χ2n) is 5.65. The molecule has 0 amide bonds. The van der Waals surface area contributed by atoms with Gasteiger partial charge >= 0.3 is 5.69 Å². The van der Waals surface area contributed by atoms with Gasteiger partial charge in [0.2, 0.25) is 5.90 Å². The van der Waals surface area contributed by atoms with Crippen molar-refractivity contribution in [1.29, 1.82) is 0 Å². The molecule has 0 fully saturated rings. The number of aryl methyl sites for hydroxylation is 1. The van der Waals surface area contributed by atoms with Gasteiger partial charge in [0, 0.05) is 11.9 Å². The molecule has 4 heterocycles. The minimum atomic E-state index is -0.245. The Hall–Kier alpha value is -3.16. The van der Waals surface area contributed by atoms with Crippen LogP contribution < -0.4 is 11.4 Å². The molecule has 0 bridgehead atoms. The molecule has 3 aromatic heterocycles. The van der Waals surface area contributed by atoms with Gasteiger partial charge in [0.05, 0.1) is 18.6 Å². The van der Waals surface area contributed by atoms with Gasteiger partial charge in [0.25, 0.3) is 0 Å². The fraction of sp³-hybridized carbons (Fsp3) is 0.250. The van der Waals surface area contributed by atoms with Crippen LogP contribution in [0.4, 0.5) is 5.82 Å². The molecule has 0 saturated heterocycles. The van der Waals surface area contributed by atoms with Gasteiger partial charge < -0.3 is 15.5 Å². The first kappa shape index (κ1) is 14.4. The number of fused-ring (bicyclic) bond motifs is 1. The lowest BCUT2D eigenvalue weighted by atomic mass is 10.2. The summed E-state index contributed by atoms with van der Waals surface area (Å²) in [5.74, 6) is 0.708.